The van der Waals surface area contributed by atoms with Gasteiger partial charge >= 0.3 is 0 Å². The summed E-state index contributed by atoms with van der Waals surface area (Å²) in [4.78, 5) is 19.8. The van der Waals surface area contributed by atoms with Crippen LogP contribution in [0.25, 0.3) is 22.4 Å². The van der Waals surface area contributed by atoms with Gasteiger partial charge in [0.15, 0.2) is 5.82 Å². The number of imidazole rings is 1. The van der Waals surface area contributed by atoms with Crippen molar-refractivity contribution in [3.63, 3.8) is 0 Å². The van der Waals surface area contributed by atoms with Crippen LogP contribution in [0.4, 0.5) is 8.78 Å². The first-order valence-electron chi connectivity index (χ1n) is 10.8. The number of aromatic nitrogens is 2. The van der Waals surface area contributed by atoms with Crippen LogP contribution in [0, 0.1) is 11.6 Å². The number of hydrogen-bond donors (Lipinski definition) is 4. The van der Waals surface area contributed by atoms with Gasteiger partial charge in [0.25, 0.3) is 10.0 Å². The second kappa shape index (κ2) is 9.91. The highest BCUT2D eigenvalue weighted by atomic mass is 32.2. The number of H-pyrrole nitrogens is 1. The Kier molecular flexibility index (Phi) is 6.88. The number of nitrogens with one attached hydrogen (secondary N) is 1. The zero-order valence-electron chi connectivity index (χ0n) is 19.2. The predicted octanol–water partition coefficient (Wildman–Crippen LogP) is 3.58. The minimum absolute atomic E-state index is 0.0951. The fourth-order valence-electron chi connectivity index (χ4n) is 3.46. The number of benzene rings is 3. The van der Waals surface area contributed by atoms with Crippen molar-refractivity contribution < 1.29 is 32.2 Å². The number of nitrogens with two attached hydrogens (primary N) is 1. The smallest absolute Gasteiger partial charge is 0.286 e. The molecule has 0 saturated carbocycles. The normalized spacial score (nSPS) is 13.9. The molecule has 1 heterocycles. The molecule has 0 amide bonds. The summed E-state index contributed by atoms with van der Waals surface area (Å²) in [5.74, 6) is -4.85. The molecular formula is C25H20F2N4O5S. The summed E-state index contributed by atoms with van der Waals surface area (Å²) in [5.41, 5.74) is 4.98. The number of amidine groups is 1. The van der Waals surface area contributed by atoms with E-state index in [1.807, 2.05) is 0 Å². The molecule has 0 bridgehead atoms. The van der Waals surface area contributed by atoms with E-state index in [1.54, 1.807) is 24.3 Å². The Balaban J connectivity index is 1.93. The minimum atomic E-state index is -4.76. The van der Waals surface area contributed by atoms with Crippen molar-refractivity contribution in [1.82, 2.24) is 9.97 Å². The van der Waals surface area contributed by atoms with Crippen LogP contribution in [0.3, 0.4) is 0 Å². The third-order valence-electron chi connectivity index (χ3n) is 5.33. The maximum atomic E-state index is 15.5. The lowest BCUT2D eigenvalue weighted by Gasteiger charge is -2.11. The van der Waals surface area contributed by atoms with E-state index in [0.717, 1.165) is 30.3 Å². The van der Waals surface area contributed by atoms with Crippen molar-refractivity contribution >= 4 is 44.0 Å². The van der Waals surface area contributed by atoms with E-state index >= 15 is 4.39 Å². The third-order valence-corrected chi connectivity index (χ3v) is 6.65. The Labute approximate surface area is 209 Å². The SMILES string of the molecule is CC(O)/C(N)=N/S(=O)(=O)c1cccc(C(=O)/C(=C(/O)c2cccc(F)c2)c2nc3ccccc3[nH]2)c1F. The number of aromatic amines is 1. The predicted molar refractivity (Wildman–Crippen MR) is 133 cm³/mol. The van der Waals surface area contributed by atoms with E-state index in [1.165, 1.54) is 19.1 Å². The quantitative estimate of drug-likeness (QED) is 0.0942. The first kappa shape index (κ1) is 25.7. The van der Waals surface area contributed by atoms with Gasteiger partial charge in [-0.2, -0.15) is 8.42 Å². The monoisotopic (exact) mass is 526 g/mol. The molecule has 9 nitrogen and oxygen atoms in total. The number of rotatable bonds is 7. The van der Waals surface area contributed by atoms with E-state index in [4.69, 9.17) is 5.73 Å². The van der Waals surface area contributed by atoms with Crippen molar-refractivity contribution in [2.24, 2.45) is 10.1 Å². The molecule has 0 fully saturated rings. The Morgan fingerprint density at radius 3 is 2.46 bits per heavy atom. The summed E-state index contributed by atoms with van der Waals surface area (Å²) >= 11 is 0. The van der Waals surface area contributed by atoms with Gasteiger partial charge in [0.05, 0.1) is 16.6 Å². The topological polar surface area (TPSA) is 159 Å². The number of hydrogen-bond acceptors (Lipinski definition) is 6. The molecule has 0 aliphatic rings. The lowest BCUT2D eigenvalue weighted by atomic mass is 9.98. The van der Waals surface area contributed by atoms with Crippen molar-refractivity contribution in [3.8, 4) is 0 Å². The van der Waals surface area contributed by atoms with Crippen LogP contribution in [0.5, 0.6) is 0 Å². The highest BCUT2D eigenvalue weighted by Crippen LogP contribution is 2.31. The molecule has 0 aliphatic carbocycles. The molecule has 0 aliphatic heterocycles. The Morgan fingerprint density at radius 1 is 1.08 bits per heavy atom. The molecule has 0 spiro atoms. The third kappa shape index (κ3) is 5.10. The van der Waals surface area contributed by atoms with Crippen LogP contribution in [0.1, 0.15) is 28.7 Å². The summed E-state index contributed by atoms with van der Waals surface area (Å²) < 4.78 is 57.9. The number of fused-ring (bicyclic) bond motifs is 1. The maximum Gasteiger partial charge on any atom is 0.286 e. The molecule has 5 N–H and O–H groups in total. The number of sulfonamides is 1. The standard InChI is InChI=1S/C25H20F2N4O5S/c1-13(32)24(28)31-37(35,36)19-11-5-8-16(21(19)27)23(34)20(22(33)14-6-4-7-15(26)12-14)25-29-17-9-2-3-10-18(17)30-25/h2-13,32-33H,1H3,(H2,28,31)(H,29,30)/b22-20-. The average molecular weight is 527 g/mol. The highest BCUT2D eigenvalue weighted by Gasteiger charge is 2.29. The summed E-state index contributed by atoms with van der Waals surface area (Å²) in [6.45, 7) is 1.17. The number of ketones is 1. The first-order valence-corrected chi connectivity index (χ1v) is 12.2. The fraction of sp³-hybridized carbons (Fsp3) is 0.0800. The highest BCUT2D eigenvalue weighted by molar-refractivity contribution is 7.90. The molecule has 12 heteroatoms. The van der Waals surface area contributed by atoms with E-state index in [-0.39, 0.29) is 11.4 Å². The second-order valence-electron chi connectivity index (χ2n) is 7.95. The van der Waals surface area contributed by atoms with Crippen LogP contribution in [-0.4, -0.2) is 46.3 Å². The van der Waals surface area contributed by atoms with Crippen molar-refractivity contribution in [3.05, 3.63) is 95.3 Å². The molecular weight excluding hydrogens is 506 g/mol. The maximum absolute atomic E-state index is 15.5. The van der Waals surface area contributed by atoms with Crippen LogP contribution in [0.15, 0.2) is 76.0 Å². The number of para-hydroxylation sites is 2. The van der Waals surface area contributed by atoms with Gasteiger partial charge < -0.3 is 20.9 Å². The number of halogens is 2. The summed E-state index contributed by atoms with van der Waals surface area (Å²) in [6.07, 6.45) is -1.42. The van der Waals surface area contributed by atoms with E-state index in [2.05, 4.69) is 14.4 Å². The van der Waals surface area contributed by atoms with E-state index < -0.39 is 61.2 Å². The first-order chi connectivity index (χ1) is 17.5. The van der Waals surface area contributed by atoms with E-state index in [9.17, 15) is 27.8 Å². The molecule has 0 saturated heterocycles. The molecule has 3 aromatic carbocycles. The number of aliphatic hydroxyl groups is 2. The number of aliphatic hydroxyl groups excluding tert-OH is 2. The number of allylic oxidation sites excluding steroid dienone is 1. The summed E-state index contributed by atoms with van der Waals surface area (Å²) in [6, 6.07) is 14.4. The van der Waals surface area contributed by atoms with Crippen LogP contribution in [-0.2, 0) is 10.0 Å². The van der Waals surface area contributed by atoms with Gasteiger partial charge in [-0.25, -0.2) is 13.8 Å². The van der Waals surface area contributed by atoms with Crippen LogP contribution >= 0.6 is 0 Å². The zero-order chi connectivity index (χ0) is 26.9. The minimum Gasteiger partial charge on any atom is -0.506 e. The molecule has 190 valence electrons. The van der Waals surface area contributed by atoms with Crippen molar-refractivity contribution in [2.45, 2.75) is 17.9 Å². The number of Topliss-reactive ketones (excluding diaryl/α,β-unsaturated/α-hetero) is 1. The van der Waals surface area contributed by atoms with Gasteiger partial charge in [-0.15, -0.1) is 4.40 Å². The molecule has 1 aromatic heterocycles. The van der Waals surface area contributed by atoms with Crippen molar-refractivity contribution in [1.29, 1.82) is 0 Å². The second-order valence-corrected chi connectivity index (χ2v) is 9.52. The van der Waals surface area contributed by atoms with Gasteiger partial charge in [0.1, 0.15) is 39.8 Å². The number of nitrogens with zero attached hydrogens (tertiary/aromatic N) is 2. The Hall–Kier alpha value is -4.42. The molecule has 37 heavy (non-hydrogen) atoms. The number of carbonyl (C=O) groups is 1. The summed E-state index contributed by atoms with van der Waals surface area (Å²) in [7, 11) is -4.76. The molecule has 1 atom stereocenters. The Morgan fingerprint density at radius 2 is 1.78 bits per heavy atom. The molecule has 4 rings (SSSR count). The molecule has 4 aromatic rings. The number of carbonyl (C=O) groups excluding carboxylic acids is 1. The zero-order valence-corrected chi connectivity index (χ0v) is 20.0. The lowest BCUT2D eigenvalue weighted by Crippen LogP contribution is -2.27. The van der Waals surface area contributed by atoms with Crippen molar-refractivity contribution in [2.75, 3.05) is 0 Å². The Bertz CT molecular complexity index is 1660. The van der Waals surface area contributed by atoms with Gasteiger partial charge in [-0.1, -0.05) is 30.3 Å². The van der Waals surface area contributed by atoms with Crippen LogP contribution in [0.2, 0.25) is 0 Å². The summed E-state index contributed by atoms with van der Waals surface area (Å²) in [5, 5.41) is 20.5. The lowest BCUT2D eigenvalue weighted by molar-refractivity contribution is 0.105. The van der Waals surface area contributed by atoms with E-state index in [0.29, 0.717) is 11.0 Å². The van der Waals surface area contributed by atoms with Gasteiger partial charge in [-0.3, -0.25) is 4.79 Å². The van der Waals surface area contributed by atoms with Crippen LogP contribution < -0.4 is 5.73 Å². The average Bonchev–Trinajstić information content (AvgIpc) is 3.27. The van der Waals surface area contributed by atoms with Gasteiger partial charge in [0.2, 0.25) is 5.78 Å². The molecule has 1 unspecified atom stereocenters. The largest absolute Gasteiger partial charge is 0.506 e. The van der Waals surface area contributed by atoms with Gasteiger partial charge in [0, 0.05) is 5.56 Å². The molecule has 0 radical (unpaired) electrons. The van der Waals surface area contributed by atoms with Gasteiger partial charge in [-0.05, 0) is 43.3 Å². The fourth-order valence-corrected chi connectivity index (χ4v) is 4.58.